The zero-order chi connectivity index (χ0) is 12.5. The zero-order valence-electron chi connectivity index (χ0n) is 8.80. The Bertz CT molecular complexity index is 670. The molecule has 90 valence electrons. The Morgan fingerprint density at radius 1 is 1.35 bits per heavy atom. The van der Waals surface area contributed by atoms with E-state index in [1.54, 1.807) is 24.3 Å². The number of nitrogens with one attached hydrogen (secondary N) is 2. The topological polar surface area (TPSA) is 74.8 Å². The molecule has 0 aliphatic heterocycles. The zero-order valence-corrected chi connectivity index (χ0v) is 11.2. The monoisotopic (exact) mass is 287 g/mol. The fourth-order valence-electron chi connectivity index (χ4n) is 1.16. The molecule has 0 aliphatic rings. The van der Waals surface area contributed by atoms with Crippen LogP contribution in [0.4, 0.5) is 5.13 Å². The standard InChI is InChI=1S/C9H9N3O2S3/c1-6-2-4-7(5-3-6)17(13,14)12-8-10-11-9(15)16-8/h2-5H,1H3,(H,10,12)(H,11,15). The Labute approximate surface area is 108 Å². The SMILES string of the molecule is Cc1ccc(S(=O)(=O)Nc2n[nH]c(=S)s2)cc1. The van der Waals surface area contributed by atoms with Crippen LogP contribution >= 0.6 is 23.6 Å². The van der Waals surface area contributed by atoms with E-state index in [1.807, 2.05) is 6.92 Å². The first-order valence-electron chi connectivity index (χ1n) is 4.62. The summed E-state index contributed by atoms with van der Waals surface area (Å²) in [6, 6.07) is 6.56. The highest BCUT2D eigenvalue weighted by Gasteiger charge is 2.15. The van der Waals surface area contributed by atoms with Crippen LogP contribution in [0.1, 0.15) is 5.56 Å². The Hall–Kier alpha value is -1.25. The second-order valence-electron chi connectivity index (χ2n) is 3.34. The second kappa shape index (κ2) is 4.55. The molecule has 0 unspecified atom stereocenters. The van der Waals surface area contributed by atoms with E-state index in [9.17, 15) is 8.42 Å². The van der Waals surface area contributed by atoms with Crippen molar-refractivity contribution in [1.29, 1.82) is 0 Å². The first-order chi connectivity index (χ1) is 7.97. The van der Waals surface area contributed by atoms with Gasteiger partial charge in [0.1, 0.15) is 0 Å². The third-order valence-corrected chi connectivity index (χ3v) is 4.48. The molecule has 0 radical (unpaired) electrons. The lowest BCUT2D eigenvalue weighted by molar-refractivity contribution is 0.601. The molecular weight excluding hydrogens is 278 g/mol. The maximum Gasteiger partial charge on any atom is 0.263 e. The van der Waals surface area contributed by atoms with Gasteiger partial charge in [-0.25, -0.2) is 8.42 Å². The van der Waals surface area contributed by atoms with Crippen molar-refractivity contribution < 1.29 is 8.42 Å². The average Bonchev–Trinajstić information content (AvgIpc) is 2.63. The fraction of sp³-hybridized carbons (Fsp3) is 0.111. The van der Waals surface area contributed by atoms with Crippen LogP contribution in [-0.4, -0.2) is 18.6 Å². The first-order valence-corrected chi connectivity index (χ1v) is 7.33. The number of hydrogen-bond acceptors (Lipinski definition) is 5. The van der Waals surface area contributed by atoms with Crippen LogP contribution in [-0.2, 0) is 10.0 Å². The van der Waals surface area contributed by atoms with Gasteiger partial charge in [0.25, 0.3) is 10.0 Å². The number of H-pyrrole nitrogens is 1. The predicted molar refractivity (Wildman–Crippen MR) is 69.3 cm³/mol. The molecule has 1 aromatic heterocycles. The van der Waals surface area contributed by atoms with Gasteiger partial charge in [-0.1, -0.05) is 29.0 Å². The summed E-state index contributed by atoms with van der Waals surface area (Å²) in [6.45, 7) is 1.89. The number of aromatic amines is 1. The van der Waals surface area contributed by atoms with Crippen LogP contribution < -0.4 is 4.72 Å². The minimum Gasteiger partial charge on any atom is -0.256 e. The quantitative estimate of drug-likeness (QED) is 0.849. The smallest absolute Gasteiger partial charge is 0.256 e. The van der Waals surface area contributed by atoms with E-state index in [2.05, 4.69) is 14.9 Å². The molecule has 2 aromatic rings. The van der Waals surface area contributed by atoms with Crippen molar-refractivity contribution in [3.63, 3.8) is 0 Å². The van der Waals surface area contributed by atoms with Crippen molar-refractivity contribution in [2.75, 3.05) is 4.72 Å². The number of rotatable bonds is 3. The maximum atomic E-state index is 11.9. The van der Waals surface area contributed by atoms with Crippen LogP contribution in [0.5, 0.6) is 0 Å². The number of aromatic nitrogens is 2. The molecule has 0 spiro atoms. The van der Waals surface area contributed by atoms with E-state index in [1.165, 1.54) is 0 Å². The summed E-state index contributed by atoms with van der Waals surface area (Å²) in [5, 5.41) is 6.48. The molecule has 0 bridgehead atoms. The molecule has 8 heteroatoms. The van der Waals surface area contributed by atoms with Crippen molar-refractivity contribution >= 4 is 38.7 Å². The minimum absolute atomic E-state index is 0.198. The number of benzene rings is 1. The first kappa shape index (κ1) is 12.2. The lowest BCUT2D eigenvalue weighted by Gasteiger charge is -2.04. The van der Waals surface area contributed by atoms with Gasteiger partial charge in [0.15, 0.2) is 3.95 Å². The van der Waals surface area contributed by atoms with Gasteiger partial charge < -0.3 is 0 Å². The largest absolute Gasteiger partial charge is 0.263 e. The van der Waals surface area contributed by atoms with Gasteiger partial charge in [-0.2, -0.15) is 0 Å². The van der Waals surface area contributed by atoms with Gasteiger partial charge in [-0.15, -0.1) is 5.10 Å². The summed E-state index contributed by atoms with van der Waals surface area (Å²) in [5.41, 5.74) is 0.999. The van der Waals surface area contributed by atoms with E-state index in [0.717, 1.165) is 16.9 Å². The van der Waals surface area contributed by atoms with E-state index in [4.69, 9.17) is 12.2 Å². The highest BCUT2D eigenvalue weighted by Crippen LogP contribution is 2.18. The van der Waals surface area contributed by atoms with E-state index < -0.39 is 10.0 Å². The molecule has 1 heterocycles. The minimum atomic E-state index is -3.59. The molecule has 5 nitrogen and oxygen atoms in total. The third kappa shape index (κ3) is 2.90. The Morgan fingerprint density at radius 2 is 2.00 bits per heavy atom. The van der Waals surface area contributed by atoms with Gasteiger partial charge in [0, 0.05) is 0 Å². The van der Waals surface area contributed by atoms with Gasteiger partial charge in [-0.05, 0) is 31.3 Å². The summed E-state index contributed by atoms with van der Waals surface area (Å²) < 4.78 is 26.6. The number of aryl methyl sites for hydroxylation is 1. The molecule has 1 aromatic carbocycles. The Morgan fingerprint density at radius 3 is 2.53 bits per heavy atom. The Kier molecular flexibility index (Phi) is 3.27. The number of sulfonamides is 1. The van der Waals surface area contributed by atoms with Crippen molar-refractivity contribution in [3.05, 3.63) is 33.8 Å². The molecule has 0 saturated carbocycles. The van der Waals surface area contributed by atoms with Gasteiger partial charge in [-0.3, -0.25) is 9.82 Å². The van der Waals surface area contributed by atoms with Crippen molar-refractivity contribution in [3.8, 4) is 0 Å². The molecule has 17 heavy (non-hydrogen) atoms. The molecule has 2 rings (SSSR count). The highest BCUT2D eigenvalue weighted by atomic mass is 32.2. The second-order valence-corrected chi connectivity index (χ2v) is 6.68. The molecule has 0 atom stereocenters. The van der Waals surface area contributed by atoms with Crippen molar-refractivity contribution in [1.82, 2.24) is 10.2 Å². The van der Waals surface area contributed by atoms with Crippen LogP contribution in [0.2, 0.25) is 0 Å². The van der Waals surface area contributed by atoms with E-state index in [-0.39, 0.29) is 10.0 Å². The molecule has 0 amide bonds. The summed E-state index contributed by atoms with van der Waals surface area (Å²) >= 11 is 5.89. The van der Waals surface area contributed by atoms with Crippen molar-refractivity contribution in [2.24, 2.45) is 0 Å². The summed E-state index contributed by atoms with van der Waals surface area (Å²) in [6.07, 6.45) is 0. The number of hydrogen-bond donors (Lipinski definition) is 2. The van der Waals surface area contributed by atoms with Gasteiger partial charge >= 0.3 is 0 Å². The summed E-state index contributed by atoms with van der Waals surface area (Å²) in [4.78, 5) is 0.198. The normalized spacial score (nSPS) is 11.4. The maximum absolute atomic E-state index is 11.9. The van der Waals surface area contributed by atoms with Gasteiger partial charge in [0.2, 0.25) is 5.13 Å². The van der Waals surface area contributed by atoms with Crippen LogP contribution in [0.15, 0.2) is 29.2 Å². The average molecular weight is 287 g/mol. The van der Waals surface area contributed by atoms with E-state index >= 15 is 0 Å². The summed E-state index contributed by atoms with van der Waals surface area (Å²) in [5.74, 6) is 0. The summed E-state index contributed by atoms with van der Waals surface area (Å²) in [7, 11) is -3.59. The van der Waals surface area contributed by atoms with Gasteiger partial charge in [0.05, 0.1) is 4.90 Å². The third-order valence-electron chi connectivity index (χ3n) is 1.99. The van der Waals surface area contributed by atoms with Crippen molar-refractivity contribution in [2.45, 2.75) is 11.8 Å². The predicted octanol–water partition coefficient (Wildman–Crippen LogP) is 2.31. The van der Waals surface area contributed by atoms with Crippen LogP contribution in [0.3, 0.4) is 0 Å². The van der Waals surface area contributed by atoms with Crippen LogP contribution in [0.25, 0.3) is 0 Å². The molecule has 0 aliphatic carbocycles. The Balaban J connectivity index is 2.31. The lowest BCUT2D eigenvalue weighted by atomic mass is 10.2. The van der Waals surface area contributed by atoms with E-state index in [0.29, 0.717) is 3.95 Å². The molecule has 0 fully saturated rings. The lowest BCUT2D eigenvalue weighted by Crippen LogP contribution is -2.12. The number of anilines is 1. The molecule has 2 N–H and O–H groups in total. The van der Waals surface area contributed by atoms with Crippen LogP contribution in [0, 0.1) is 10.9 Å². The highest BCUT2D eigenvalue weighted by molar-refractivity contribution is 7.93. The number of nitrogens with zero attached hydrogens (tertiary/aromatic N) is 1. The molecule has 0 saturated heterocycles. The molecular formula is C9H9N3O2S3. The fourth-order valence-corrected chi connectivity index (χ4v) is 3.19.